The fraction of sp³-hybridized carbons (Fsp3) is 0.238. The van der Waals surface area contributed by atoms with E-state index in [0.29, 0.717) is 38.5 Å². The zero-order valence-corrected chi connectivity index (χ0v) is 20.1. The minimum atomic E-state index is -5.08. The van der Waals surface area contributed by atoms with Crippen molar-refractivity contribution in [3.8, 4) is 0 Å². The largest absolute Gasteiger partial charge is 0.490 e. The van der Waals surface area contributed by atoms with Crippen LogP contribution in [0.15, 0.2) is 52.8 Å². The van der Waals surface area contributed by atoms with E-state index in [-0.39, 0.29) is 17.2 Å². The van der Waals surface area contributed by atoms with Crippen LogP contribution in [0, 0.1) is 10.1 Å². The second-order valence-electron chi connectivity index (χ2n) is 6.94. The zero-order chi connectivity index (χ0) is 26.3. The van der Waals surface area contributed by atoms with Crippen molar-refractivity contribution in [1.29, 1.82) is 0 Å². The maximum atomic E-state index is 12.6. The molecule has 2 N–H and O–H groups in total. The molecule has 0 aromatic heterocycles. The van der Waals surface area contributed by atoms with E-state index in [2.05, 4.69) is 11.9 Å². The fourth-order valence-electron chi connectivity index (χ4n) is 2.79. The van der Waals surface area contributed by atoms with Gasteiger partial charge in [0.25, 0.3) is 11.6 Å². The predicted molar refractivity (Wildman–Crippen MR) is 126 cm³/mol. The Balaban J connectivity index is 0.000000540. The number of nitro benzene ring substituents is 1. The van der Waals surface area contributed by atoms with Crippen LogP contribution in [0.5, 0.6) is 0 Å². The topological polar surface area (TPSA) is 113 Å². The molecular weight excluding hydrogens is 534 g/mol. The van der Waals surface area contributed by atoms with Crippen molar-refractivity contribution in [2.75, 3.05) is 26.2 Å². The molecule has 1 saturated heterocycles. The number of aliphatic carboxylic acids is 1. The molecule has 1 fully saturated rings. The van der Waals surface area contributed by atoms with Crippen LogP contribution in [-0.4, -0.2) is 59.2 Å². The lowest BCUT2D eigenvalue weighted by Gasteiger charge is -2.28. The molecule has 1 aliphatic heterocycles. The number of benzene rings is 2. The van der Waals surface area contributed by atoms with Gasteiger partial charge < -0.3 is 15.3 Å². The lowest BCUT2D eigenvalue weighted by Crippen LogP contribution is -2.46. The second-order valence-corrected chi connectivity index (χ2v) is 8.87. The van der Waals surface area contributed by atoms with Crippen LogP contribution in [0.4, 0.5) is 18.9 Å². The highest BCUT2D eigenvalue weighted by Gasteiger charge is 2.38. The smallest absolute Gasteiger partial charge is 0.475 e. The number of carboxylic acid groups (broad SMARTS) is 1. The van der Waals surface area contributed by atoms with Crippen LogP contribution in [0.1, 0.15) is 5.56 Å². The van der Waals surface area contributed by atoms with Gasteiger partial charge in [-0.3, -0.25) is 14.9 Å². The highest BCUT2D eigenvalue weighted by molar-refractivity contribution is 7.99. The summed E-state index contributed by atoms with van der Waals surface area (Å²) in [5, 5.41) is 22.8. The molecule has 0 saturated carbocycles. The quantitative estimate of drug-likeness (QED) is 0.301. The number of nitrogens with zero attached hydrogens (tertiary/aromatic N) is 2. The van der Waals surface area contributed by atoms with Crippen molar-refractivity contribution in [3.05, 3.63) is 68.7 Å². The third-order valence-corrected chi connectivity index (χ3v) is 6.32. The number of nitro groups is 1. The van der Waals surface area contributed by atoms with Crippen molar-refractivity contribution in [2.45, 2.75) is 16.0 Å². The molecule has 0 atom stereocenters. The summed E-state index contributed by atoms with van der Waals surface area (Å²) in [6.07, 6.45) is -5.08. The van der Waals surface area contributed by atoms with Crippen molar-refractivity contribution in [1.82, 2.24) is 10.2 Å². The van der Waals surface area contributed by atoms with Crippen molar-refractivity contribution in [3.63, 3.8) is 0 Å². The van der Waals surface area contributed by atoms with Gasteiger partial charge in [-0.05, 0) is 29.8 Å². The molecule has 3 rings (SSSR count). The number of rotatable bonds is 5. The highest BCUT2D eigenvalue weighted by Crippen LogP contribution is 2.40. The number of amides is 1. The normalized spacial score (nSPS) is 13.5. The Kier molecular flexibility index (Phi) is 9.95. The molecule has 14 heteroatoms. The average Bonchev–Trinajstić information content (AvgIpc) is 2.80. The van der Waals surface area contributed by atoms with Gasteiger partial charge in [-0.2, -0.15) is 13.2 Å². The van der Waals surface area contributed by atoms with Gasteiger partial charge in [0.2, 0.25) is 0 Å². The van der Waals surface area contributed by atoms with E-state index in [1.165, 1.54) is 17.8 Å². The van der Waals surface area contributed by atoms with Gasteiger partial charge in [0.15, 0.2) is 0 Å². The maximum absolute atomic E-state index is 12.6. The van der Waals surface area contributed by atoms with Crippen LogP contribution in [0.3, 0.4) is 0 Å². The molecule has 1 aliphatic rings. The predicted octanol–water partition coefficient (Wildman–Crippen LogP) is 5.13. The van der Waals surface area contributed by atoms with E-state index in [9.17, 15) is 28.1 Å². The first kappa shape index (κ1) is 28.4. The number of carboxylic acids is 1. The number of carbonyl (C=O) groups excluding carboxylic acids is 1. The van der Waals surface area contributed by atoms with Crippen molar-refractivity contribution in [2.24, 2.45) is 0 Å². The molecule has 35 heavy (non-hydrogen) atoms. The lowest BCUT2D eigenvalue weighted by molar-refractivity contribution is -0.387. The molecule has 1 heterocycles. The third kappa shape index (κ3) is 8.13. The summed E-state index contributed by atoms with van der Waals surface area (Å²) in [7, 11) is 0. The molecule has 0 bridgehead atoms. The summed E-state index contributed by atoms with van der Waals surface area (Å²) < 4.78 is 31.7. The second kappa shape index (κ2) is 12.2. The summed E-state index contributed by atoms with van der Waals surface area (Å²) in [6.45, 7) is 6.47. The monoisotopic (exact) mass is 551 g/mol. The van der Waals surface area contributed by atoms with Crippen molar-refractivity contribution >= 4 is 58.1 Å². The standard InChI is InChI=1S/C19H17Cl2N3O3S.C2HF3O2/c1-12(19(25)23-8-6-22-7-9-23)13-2-4-18(16(10-13)24(26)27)28-17-5-3-14(20)11-15(17)21;3-2(4,5)1(6)7/h2-5,10-11,22H,1,6-9H2;(H,6,7). The maximum Gasteiger partial charge on any atom is 0.490 e. The number of hydrogen-bond acceptors (Lipinski definition) is 6. The molecule has 1 amide bonds. The minimum absolute atomic E-state index is 0.109. The van der Waals surface area contributed by atoms with Gasteiger partial charge in [-0.1, -0.05) is 47.6 Å². The summed E-state index contributed by atoms with van der Waals surface area (Å²) in [6, 6.07) is 9.62. The third-order valence-electron chi connectivity index (χ3n) is 4.52. The van der Waals surface area contributed by atoms with E-state index in [0.717, 1.165) is 13.1 Å². The number of piperazine rings is 1. The number of nitrogens with one attached hydrogen (secondary N) is 1. The molecular formula is C21H18Cl2F3N3O5S. The molecule has 188 valence electrons. The molecule has 0 spiro atoms. The average molecular weight is 552 g/mol. The van der Waals surface area contributed by atoms with E-state index in [1.807, 2.05) is 0 Å². The van der Waals surface area contributed by atoms with Crippen LogP contribution in [0.2, 0.25) is 10.0 Å². The van der Waals surface area contributed by atoms with Gasteiger partial charge in [-0.15, -0.1) is 0 Å². The number of carbonyl (C=O) groups is 2. The van der Waals surface area contributed by atoms with Gasteiger partial charge in [0.05, 0.1) is 14.8 Å². The van der Waals surface area contributed by atoms with Crippen LogP contribution in [-0.2, 0) is 9.59 Å². The Morgan fingerprint density at radius 3 is 2.20 bits per heavy atom. The van der Waals surface area contributed by atoms with Crippen LogP contribution in [0.25, 0.3) is 5.57 Å². The first-order valence-corrected chi connectivity index (χ1v) is 11.3. The Labute approximate surface area is 211 Å². The Hall–Kier alpha value is -2.80. The van der Waals surface area contributed by atoms with E-state index in [1.54, 1.807) is 35.2 Å². The zero-order valence-electron chi connectivity index (χ0n) is 17.8. The molecule has 0 radical (unpaired) electrons. The van der Waals surface area contributed by atoms with Gasteiger partial charge in [0.1, 0.15) is 0 Å². The van der Waals surface area contributed by atoms with Crippen LogP contribution < -0.4 is 5.32 Å². The number of hydrogen-bond donors (Lipinski definition) is 2. The number of halogens is 5. The number of alkyl halides is 3. The summed E-state index contributed by atoms with van der Waals surface area (Å²) >= 11 is 13.2. The summed E-state index contributed by atoms with van der Waals surface area (Å²) in [5.74, 6) is -2.97. The lowest BCUT2D eigenvalue weighted by atomic mass is 10.1. The Bertz CT molecular complexity index is 1140. The molecule has 8 nitrogen and oxygen atoms in total. The van der Waals surface area contributed by atoms with E-state index < -0.39 is 17.1 Å². The van der Waals surface area contributed by atoms with E-state index in [4.69, 9.17) is 33.1 Å². The fourth-order valence-corrected chi connectivity index (χ4v) is 4.22. The SMILES string of the molecule is C=C(C(=O)N1CCNCC1)c1ccc(Sc2ccc(Cl)cc2Cl)c([N+](=O)[O-])c1.O=C(O)C(F)(F)F. The first-order valence-electron chi connectivity index (χ1n) is 9.72. The first-order chi connectivity index (χ1) is 16.3. The minimum Gasteiger partial charge on any atom is -0.475 e. The van der Waals surface area contributed by atoms with Crippen LogP contribution >= 0.6 is 35.0 Å². The van der Waals surface area contributed by atoms with E-state index >= 15 is 0 Å². The highest BCUT2D eigenvalue weighted by atomic mass is 35.5. The molecule has 2 aromatic rings. The summed E-state index contributed by atoms with van der Waals surface area (Å²) in [5.41, 5.74) is 0.565. The Morgan fingerprint density at radius 1 is 1.11 bits per heavy atom. The molecule has 0 unspecified atom stereocenters. The van der Waals surface area contributed by atoms with Gasteiger partial charge in [0, 0.05) is 47.7 Å². The molecule has 0 aliphatic carbocycles. The molecule has 2 aromatic carbocycles. The van der Waals surface area contributed by atoms with Crippen molar-refractivity contribution < 1.29 is 32.8 Å². The summed E-state index contributed by atoms with van der Waals surface area (Å²) in [4.78, 5) is 35.4. The van der Waals surface area contributed by atoms with Gasteiger partial charge >= 0.3 is 12.1 Å². The Morgan fingerprint density at radius 2 is 1.69 bits per heavy atom. The van der Waals surface area contributed by atoms with Gasteiger partial charge in [-0.25, -0.2) is 4.79 Å².